The van der Waals surface area contributed by atoms with Crippen molar-refractivity contribution in [2.24, 2.45) is 11.8 Å². The van der Waals surface area contributed by atoms with Crippen LogP contribution in [-0.2, 0) is 4.79 Å². The third-order valence-corrected chi connectivity index (χ3v) is 2.74. The van der Waals surface area contributed by atoms with E-state index in [1.54, 1.807) is 0 Å². The molecule has 2 atom stereocenters. The van der Waals surface area contributed by atoms with E-state index < -0.39 is 18.0 Å². The Labute approximate surface area is 101 Å². The first kappa shape index (κ1) is 15.7. The van der Waals surface area contributed by atoms with E-state index in [9.17, 15) is 9.59 Å². The molecule has 0 radical (unpaired) electrons. The van der Waals surface area contributed by atoms with Crippen LogP contribution in [-0.4, -0.2) is 41.4 Å². The van der Waals surface area contributed by atoms with Gasteiger partial charge in [0.2, 0.25) is 0 Å². The number of hydrogen-bond acceptors (Lipinski definition) is 3. The van der Waals surface area contributed by atoms with Crippen LogP contribution in [0.15, 0.2) is 0 Å². The van der Waals surface area contributed by atoms with Crippen molar-refractivity contribution < 1.29 is 19.8 Å². The van der Waals surface area contributed by atoms with E-state index in [0.717, 1.165) is 0 Å². The lowest BCUT2D eigenvalue weighted by Gasteiger charge is -2.18. The first-order chi connectivity index (χ1) is 7.88. The lowest BCUT2D eigenvalue weighted by atomic mass is 9.98. The summed E-state index contributed by atoms with van der Waals surface area (Å²) in [6.45, 7) is 6.33. The van der Waals surface area contributed by atoms with Crippen LogP contribution in [0.3, 0.4) is 0 Å². The summed E-state index contributed by atoms with van der Waals surface area (Å²) in [5, 5.41) is 22.3. The fourth-order valence-corrected chi connectivity index (χ4v) is 1.09. The lowest BCUT2D eigenvalue weighted by molar-refractivity contribution is -0.139. The lowest BCUT2D eigenvalue weighted by Crippen LogP contribution is -2.47. The number of aliphatic carboxylic acids is 1. The van der Waals surface area contributed by atoms with Gasteiger partial charge < -0.3 is 20.8 Å². The number of urea groups is 1. The highest BCUT2D eigenvalue weighted by atomic mass is 16.4. The fourth-order valence-electron chi connectivity index (χ4n) is 1.09. The van der Waals surface area contributed by atoms with Gasteiger partial charge in [-0.15, -0.1) is 0 Å². The second-order valence-electron chi connectivity index (χ2n) is 4.48. The Morgan fingerprint density at radius 3 is 2.24 bits per heavy atom. The zero-order chi connectivity index (χ0) is 13.4. The standard InChI is InChI=1S/C11H22N2O4/c1-7(2)8(3)6-12-11(17)13-9(4-5-14)10(15)16/h7-9,14H,4-6H2,1-3H3,(H,15,16)(H2,12,13,17). The van der Waals surface area contributed by atoms with E-state index in [2.05, 4.69) is 24.5 Å². The average molecular weight is 246 g/mol. The maximum Gasteiger partial charge on any atom is 0.326 e. The number of hydrogen-bond donors (Lipinski definition) is 4. The molecule has 0 fully saturated rings. The van der Waals surface area contributed by atoms with Crippen molar-refractivity contribution in [3.05, 3.63) is 0 Å². The smallest absolute Gasteiger partial charge is 0.326 e. The molecule has 0 saturated heterocycles. The number of aliphatic hydroxyl groups is 1. The molecule has 2 unspecified atom stereocenters. The number of carboxylic acid groups (broad SMARTS) is 1. The van der Waals surface area contributed by atoms with Crippen LogP contribution in [0.1, 0.15) is 27.2 Å². The first-order valence-corrected chi connectivity index (χ1v) is 5.76. The molecule has 0 aromatic rings. The fraction of sp³-hybridized carbons (Fsp3) is 0.818. The van der Waals surface area contributed by atoms with Crippen molar-refractivity contribution in [2.75, 3.05) is 13.2 Å². The molecule has 6 nitrogen and oxygen atoms in total. The van der Waals surface area contributed by atoms with Gasteiger partial charge in [0.15, 0.2) is 0 Å². The Morgan fingerprint density at radius 1 is 1.24 bits per heavy atom. The topological polar surface area (TPSA) is 98.7 Å². The third kappa shape index (κ3) is 6.78. The van der Waals surface area contributed by atoms with Gasteiger partial charge in [-0.05, 0) is 11.8 Å². The van der Waals surface area contributed by atoms with Gasteiger partial charge in [-0.1, -0.05) is 20.8 Å². The molecule has 0 aromatic heterocycles. The number of carboxylic acids is 1. The zero-order valence-corrected chi connectivity index (χ0v) is 10.6. The maximum atomic E-state index is 11.4. The quantitative estimate of drug-likeness (QED) is 0.523. The van der Waals surface area contributed by atoms with E-state index in [1.807, 2.05) is 6.92 Å². The summed E-state index contributed by atoms with van der Waals surface area (Å²) in [7, 11) is 0. The molecule has 6 heteroatoms. The highest BCUT2D eigenvalue weighted by molar-refractivity contribution is 5.82. The molecule has 0 heterocycles. The Kier molecular flexibility index (Phi) is 7.29. The molecule has 0 spiro atoms. The van der Waals surface area contributed by atoms with E-state index in [-0.39, 0.29) is 13.0 Å². The number of amides is 2. The van der Waals surface area contributed by atoms with E-state index in [1.165, 1.54) is 0 Å². The Balaban J connectivity index is 4.02. The van der Waals surface area contributed by atoms with Crippen LogP contribution in [0.2, 0.25) is 0 Å². The Morgan fingerprint density at radius 2 is 1.82 bits per heavy atom. The van der Waals surface area contributed by atoms with Gasteiger partial charge in [0.1, 0.15) is 6.04 Å². The molecule has 0 rings (SSSR count). The molecule has 2 amide bonds. The highest BCUT2D eigenvalue weighted by Crippen LogP contribution is 2.07. The minimum Gasteiger partial charge on any atom is -0.480 e. The predicted molar refractivity (Wildman–Crippen MR) is 63.7 cm³/mol. The molecule has 100 valence electrons. The van der Waals surface area contributed by atoms with Crippen LogP contribution in [0.5, 0.6) is 0 Å². The summed E-state index contributed by atoms with van der Waals surface area (Å²) in [4.78, 5) is 22.1. The molecule has 0 aromatic carbocycles. The molecule has 0 bridgehead atoms. The number of carbonyl (C=O) groups is 2. The second-order valence-corrected chi connectivity index (χ2v) is 4.48. The number of nitrogens with one attached hydrogen (secondary N) is 2. The van der Waals surface area contributed by atoms with Crippen molar-refractivity contribution in [1.82, 2.24) is 10.6 Å². The molecule has 4 N–H and O–H groups in total. The van der Waals surface area contributed by atoms with Gasteiger partial charge in [-0.3, -0.25) is 0 Å². The van der Waals surface area contributed by atoms with Gasteiger partial charge >= 0.3 is 12.0 Å². The molecule has 0 aliphatic heterocycles. The molecule has 17 heavy (non-hydrogen) atoms. The van der Waals surface area contributed by atoms with Gasteiger partial charge in [0.05, 0.1) is 0 Å². The van der Waals surface area contributed by atoms with Gasteiger partial charge in [0, 0.05) is 19.6 Å². The van der Waals surface area contributed by atoms with Crippen LogP contribution < -0.4 is 10.6 Å². The van der Waals surface area contributed by atoms with E-state index in [4.69, 9.17) is 10.2 Å². The van der Waals surface area contributed by atoms with Crippen LogP contribution in [0.25, 0.3) is 0 Å². The summed E-state index contributed by atoms with van der Waals surface area (Å²) >= 11 is 0. The SMILES string of the molecule is CC(C)C(C)CNC(=O)NC(CCO)C(=O)O. The van der Waals surface area contributed by atoms with Gasteiger partial charge in [-0.25, -0.2) is 9.59 Å². The maximum absolute atomic E-state index is 11.4. The van der Waals surface area contributed by atoms with Crippen molar-refractivity contribution >= 4 is 12.0 Å². The molecule has 0 aliphatic rings. The van der Waals surface area contributed by atoms with Gasteiger partial charge in [0.25, 0.3) is 0 Å². The van der Waals surface area contributed by atoms with Crippen molar-refractivity contribution in [2.45, 2.75) is 33.2 Å². The summed E-state index contributed by atoms with van der Waals surface area (Å²) in [6, 6.07) is -1.56. The first-order valence-electron chi connectivity index (χ1n) is 5.76. The Bertz CT molecular complexity index is 256. The third-order valence-electron chi connectivity index (χ3n) is 2.74. The summed E-state index contributed by atoms with van der Waals surface area (Å²) in [5.74, 6) is -0.379. The minimum absolute atomic E-state index is 0.00247. The molecule has 0 saturated carbocycles. The molecular weight excluding hydrogens is 224 g/mol. The summed E-state index contributed by atoms with van der Waals surface area (Å²) in [5.41, 5.74) is 0. The number of rotatable bonds is 7. The Hall–Kier alpha value is -1.30. The van der Waals surface area contributed by atoms with Crippen molar-refractivity contribution in [3.8, 4) is 0 Å². The summed E-state index contributed by atoms with van der Waals surface area (Å²) in [6.07, 6.45) is 0.00247. The highest BCUT2D eigenvalue weighted by Gasteiger charge is 2.19. The average Bonchev–Trinajstić information content (AvgIpc) is 2.24. The van der Waals surface area contributed by atoms with Crippen LogP contribution >= 0.6 is 0 Å². The zero-order valence-electron chi connectivity index (χ0n) is 10.6. The van der Waals surface area contributed by atoms with E-state index in [0.29, 0.717) is 18.4 Å². The molecular formula is C11H22N2O4. The summed E-state index contributed by atoms with van der Waals surface area (Å²) < 4.78 is 0. The normalized spacial score (nSPS) is 14.2. The predicted octanol–water partition coefficient (Wildman–Crippen LogP) is 0.413. The number of carbonyl (C=O) groups excluding carboxylic acids is 1. The van der Waals surface area contributed by atoms with Gasteiger partial charge in [-0.2, -0.15) is 0 Å². The largest absolute Gasteiger partial charge is 0.480 e. The van der Waals surface area contributed by atoms with Crippen molar-refractivity contribution in [1.29, 1.82) is 0 Å². The molecule has 0 aliphatic carbocycles. The monoisotopic (exact) mass is 246 g/mol. The second kappa shape index (κ2) is 7.89. The van der Waals surface area contributed by atoms with Crippen molar-refractivity contribution in [3.63, 3.8) is 0 Å². The van der Waals surface area contributed by atoms with Crippen LogP contribution in [0.4, 0.5) is 4.79 Å². The minimum atomic E-state index is -1.15. The van der Waals surface area contributed by atoms with Crippen LogP contribution in [0, 0.1) is 11.8 Å². The van der Waals surface area contributed by atoms with E-state index >= 15 is 0 Å². The number of aliphatic hydroxyl groups excluding tert-OH is 1.